The van der Waals surface area contributed by atoms with Crippen molar-refractivity contribution in [2.24, 2.45) is 0 Å². The fourth-order valence-corrected chi connectivity index (χ4v) is 8.37. The highest BCUT2D eigenvalue weighted by Crippen LogP contribution is 2.53. The number of aromatic nitrogens is 2. The fourth-order valence-electron chi connectivity index (χ4n) is 8.37. The Labute approximate surface area is 283 Å². The van der Waals surface area contributed by atoms with Crippen LogP contribution in [0, 0.1) is 0 Å². The van der Waals surface area contributed by atoms with Crippen molar-refractivity contribution in [3.8, 4) is 22.5 Å². The molecule has 8 aromatic carbocycles. The van der Waals surface area contributed by atoms with Crippen molar-refractivity contribution in [1.82, 2.24) is 9.13 Å². The maximum Gasteiger partial charge on any atom is 0.0562 e. The molecule has 228 valence electrons. The summed E-state index contributed by atoms with van der Waals surface area (Å²) in [5, 5.41) is 7.58. The van der Waals surface area contributed by atoms with Gasteiger partial charge in [-0.15, -0.1) is 0 Å². The third-order valence-electron chi connectivity index (χ3n) is 10.4. The van der Waals surface area contributed by atoms with Gasteiger partial charge in [0.2, 0.25) is 0 Å². The van der Waals surface area contributed by atoms with Crippen molar-refractivity contribution in [3.63, 3.8) is 0 Å². The van der Waals surface area contributed by atoms with E-state index in [1.165, 1.54) is 76.9 Å². The van der Waals surface area contributed by atoms with Crippen molar-refractivity contribution in [2.75, 3.05) is 4.90 Å². The Morgan fingerprint density at radius 2 is 0.857 bits per heavy atom. The zero-order valence-electron chi connectivity index (χ0n) is 26.6. The SMILES string of the molecule is c1ccc(-n2c3ccccc3c3cc4c(cc32)N(c2cccc(-n3c5ccccc5c5ccccc53)c2)c2cccc3cccc-4c23)cc1. The third-order valence-corrected chi connectivity index (χ3v) is 10.4. The largest absolute Gasteiger partial charge is 0.309 e. The Balaban J connectivity index is 1.23. The van der Waals surface area contributed by atoms with Crippen LogP contribution >= 0.6 is 0 Å². The van der Waals surface area contributed by atoms with Gasteiger partial charge in [-0.25, -0.2) is 0 Å². The van der Waals surface area contributed by atoms with Crippen LogP contribution in [-0.4, -0.2) is 9.13 Å². The average Bonchev–Trinajstić information content (AvgIpc) is 3.67. The molecule has 0 atom stereocenters. The zero-order chi connectivity index (χ0) is 32.1. The molecule has 0 unspecified atom stereocenters. The van der Waals surface area contributed by atoms with Crippen molar-refractivity contribution in [3.05, 3.63) is 176 Å². The lowest BCUT2D eigenvalue weighted by molar-refractivity contribution is 1.17. The quantitative estimate of drug-likeness (QED) is 0.191. The first-order valence-corrected chi connectivity index (χ1v) is 16.9. The number of anilines is 3. The minimum atomic E-state index is 1.13. The summed E-state index contributed by atoms with van der Waals surface area (Å²) in [6.45, 7) is 0. The molecule has 0 N–H and O–H groups in total. The van der Waals surface area contributed by atoms with Gasteiger partial charge in [-0.2, -0.15) is 0 Å². The van der Waals surface area contributed by atoms with Gasteiger partial charge in [0.1, 0.15) is 0 Å². The molecule has 0 fully saturated rings. The number of nitrogens with zero attached hydrogens (tertiary/aromatic N) is 3. The van der Waals surface area contributed by atoms with Crippen LogP contribution in [0.5, 0.6) is 0 Å². The summed E-state index contributed by atoms with van der Waals surface area (Å²) in [6, 6.07) is 64.3. The molecule has 3 heterocycles. The first kappa shape index (κ1) is 26.5. The molecule has 0 aliphatic carbocycles. The second-order valence-corrected chi connectivity index (χ2v) is 13.0. The number of benzene rings is 8. The minimum Gasteiger partial charge on any atom is -0.309 e. The van der Waals surface area contributed by atoms with Crippen LogP contribution in [0.4, 0.5) is 17.1 Å². The molecule has 0 saturated carbocycles. The average molecular weight is 624 g/mol. The van der Waals surface area contributed by atoms with E-state index in [9.17, 15) is 0 Å². The third kappa shape index (κ3) is 3.67. The molecule has 2 aromatic heterocycles. The van der Waals surface area contributed by atoms with E-state index in [4.69, 9.17) is 0 Å². The topological polar surface area (TPSA) is 13.1 Å². The number of hydrogen-bond donors (Lipinski definition) is 0. The van der Waals surface area contributed by atoms with E-state index in [1.807, 2.05) is 0 Å². The van der Waals surface area contributed by atoms with E-state index in [0.717, 1.165) is 17.1 Å². The van der Waals surface area contributed by atoms with Crippen LogP contribution in [0.25, 0.3) is 76.9 Å². The van der Waals surface area contributed by atoms with Gasteiger partial charge in [-0.3, -0.25) is 0 Å². The Morgan fingerprint density at radius 1 is 0.306 bits per heavy atom. The van der Waals surface area contributed by atoms with Crippen molar-refractivity contribution in [2.45, 2.75) is 0 Å². The van der Waals surface area contributed by atoms with Gasteiger partial charge in [-0.1, -0.05) is 109 Å². The van der Waals surface area contributed by atoms with Crippen LogP contribution in [0.15, 0.2) is 176 Å². The molecule has 3 nitrogen and oxygen atoms in total. The van der Waals surface area contributed by atoms with E-state index in [-0.39, 0.29) is 0 Å². The summed E-state index contributed by atoms with van der Waals surface area (Å²) in [7, 11) is 0. The molecule has 0 bridgehead atoms. The molecule has 10 aromatic rings. The van der Waals surface area contributed by atoms with Crippen molar-refractivity contribution >= 4 is 71.4 Å². The normalized spacial score (nSPS) is 12.4. The summed E-state index contributed by atoms with van der Waals surface area (Å²) >= 11 is 0. The highest BCUT2D eigenvalue weighted by Gasteiger charge is 2.28. The second-order valence-electron chi connectivity index (χ2n) is 13.0. The Kier molecular flexibility index (Phi) is 5.38. The van der Waals surface area contributed by atoms with Crippen molar-refractivity contribution < 1.29 is 0 Å². The highest BCUT2D eigenvalue weighted by molar-refractivity contribution is 6.19. The van der Waals surface area contributed by atoms with Crippen LogP contribution in [0.2, 0.25) is 0 Å². The molecule has 1 aliphatic heterocycles. The molecule has 11 rings (SSSR count). The molecule has 0 amide bonds. The molecule has 0 radical (unpaired) electrons. The molecule has 0 saturated heterocycles. The van der Waals surface area contributed by atoms with E-state index in [2.05, 4.69) is 190 Å². The summed E-state index contributed by atoms with van der Waals surface area (Å²) in [6.07, 6.45) is 0. The lowest BCUT2D eigenvalue weighted by Gasteiger charge is -2.34. The summed E-state index contributed by atoms with van der Waals surface area (Å²) < 4.78 is 4.82. The monoisotopic (exact) mass is 623 g/mol. The molecular weight excluding hydrogens is 595 g/mol. The van der Waals surface area contributed by atoms with E-state index in [0.29, 0.717) is 0 Å². The van der Waals surface area contributed by atoms with Crippen LogP contribution in [0.3, 0.4) is 0 Å². The van der Waals surface area contributed by atoms with E-state index >= 15 is 0 Å². The number of hydrogen-bond acceptors (Lipinski definition) is 1. The Hall–Kier alpha value is -6.58. The van der Waals surface area contributed by atoms with Gasteiger partial charge in [0.15, 0.2) is 0 Å². The minimum absolute atomic E-state index is 1.13. The predicted octanol–water partition coefficient (Wildman–Crippen LogP) is 12.5. The zero-order valence-corrected chi connectivity index (χ0v) is 26.6. The maximum absolute atomic E-state index is 2.48. The summed E-state index contributed by atoms with van der Waals surface area (Å²) in [5.41, 5.74) is 13.1. The number of fused-ring (bicyclic) bond motifs is 8. The van der Waals surface area contributed by atoms with Crippen LogP contribution < -0.4 is 4.90 Å². The summed E-state index contributed by atoms with van der Waals surface area (Å²) in [5.74, 6) is 0. The van der Waals surface area contributed by atoms with Crippen LogP contribution in [-0.2, 0) is 0 Å². The standard InChI is InChI=1S/C46H29N3/c1-2-15-31(16-3-1)47-42-25-9-6-21-36(42)38-28-39-37-22-10-13-30-14-11-26-43(46(30)37)49(45(39)29-44(38)47)33-18-12-17-32(27-33)48-40-23-7-4-19-34(40)35-20-5-8-24-41(35)48/h1-29H. The van der Waals surface area contributed by atoms with Crippen molar-refractivity contribution in [1.29, 1.82) is 0 Å². The van der Waals surface area contributed by atoms with Gasteiger partial charge >= 0.3 is 0 Å². The molecule has 3 heteroatoms. The van der Waals surface area contributed by atoms with E-state index in [1.54, 1.807) is 0 Å². The summed E-state index contributed by atoms with van der Waals surface area (Å²) in [4.78, 5) is 2.48. The molecular formula is C46H29N3. The first-order chi connectivity index (χ1) is 24.3. The number of para-hydroxylation sites is 4. The first-order valence-electron chi connectivity index (χ1n) is 16.9. The second kappa shape index (κ2) is 9.96. The van der Waals surface area contributed by atoms with Gasteiger partial charge in [-0.05, 0) is 77.7 Å². The highest BCUT2D eigenvalue weighted by atomic mass is 15.2. The fraction of sp³-hybridized carbons (Fsp3) is 0. The van der Waals surface area contributed by atoms with Gasteiger partial charge in [0, 0.05) is 49.6 Å². The smallest absolute Gasteiger partial charge is 0.0562 e. The lowest BCUT2D eigenvalue weighted by atomic mass is 9.89. The van der Waals surface area contributed by atoms with E-state index < -0.39 is 0 Å². The lowest BCUT2D eigenvalue weighted by Crippen LogP contribution is -2.15. The molecule has 0 spiro atoms. The van der Waals surface area contributed by atoms with Crippen LogP contribution in [0.1, 0.15) is 0 Å². The Bertz CT molecular complexity index is 2890. The van der Waals surface area contributed by atoms with Gasteiger partial charge in [0.05, 0.1) is 33.4 Å². The number of rotatable bonds is 3. The molecule has 49 heavy (non-hydrogen) atoms. The maximum atomic E-state index is 2.48. The molecule has 1 aliphatic rings. The van der Waals surface area contributed by atoms with Gasteiger partial charge < -0.3 is 14.0 Å². The van der Waals surface area contributed by atoms with Gasteiger partial charge in [0.25, 0.3) is 0 Å². The Morgan fingerprint density at radius 3 is 1.57 bits per heavy atom. The predicted molar refractivity (Wildman–Crippen MR) is 206 cm³/mol.